The van der Waals surface area contributed by atoms with Gasteiger partial charge in [0.2, 0.25) is 0 Å². The summed E-state index contributed by atoms with van der Waals surface area (Å²) >= 11 is 5.07. The first kappa shape index (κ1) is 10.6. The first-order valence-corrected chi connectivity index (χ1v) is 4.99. The molecule has 6 nitrogen and oxygen atoms in total. The Kier molecular flexibility index (Phi) is 2.39. The van der Waals surface area contributed by atoms with Crippen LogP contribution in [0.5, 0.6) is 0 Å². The van der Waals surface area contributed by atoms with Crippen molar-refractivity contribution in [2.24, 2.45) is 7.05 Å². The zero-order valence-electron chi connectivity index (χ0n) is 8.61. The van der Waals surface area contributed by atoms with Crippen LogP contribution in [0, 0.1) is 4.77 Å². The number of H-pyrrole nitrogens is 2. The van der Waals surface area contributed by atoms with Crippen molar-refractivity contribution in [3.63, 3.8) is 0 Å². The largest absolute Gasteiger partial charge is 0.329 e. The number of aromatic amines is 2. The molecule has 0 radical (unpaired) electrons. The number of hydrogen-bond acceptors (Lipinski definition) is 3. The predicted molar refractivity (Wildman–Crippen MR) is 63.2 cm³/mol. The van der Waals surface area contributed by atoms with E-state index in [9.17, 15) is 9.59 Å². The Labute approximate surface area is 94.9 Å². The number of imidazole rings is 1. The maximum atomic E-state index is 11.7. The summed E-state index contributed by atoms with van der Waals surface area (Å²) in [5, 5.41) is 0. The summed E-state index contributed by atoms with van der Waals surface area (Å²) in [5.74, 6) is 0. The van der Waals surface area contributed by atoms with Crippen LogP contribution in [0.15, 0.2) is 22.2 Å². The van der Waals surface area contributed by atoms with Crippen molar-refractivity contribution in [2.75, 3.05) is 0 Å². The molecular formula is C9H10N4O2S. The fraction of sp³-hybridized carbons (Fsp3) is 0.222. The number of nitrogens with zero attached hydrogens (tertiary/aromatic N) is 2. The molecule has 0 aliphatic rings. The lowest BCUT2D eigenvalue weighted by atomic mass is 10.5. The first-order chi connectivity index (χ1) is 7.56. The maximum absolute atomic E-state index is 11.7. The molecule has 2 aromatic heterocycles. The average Bonchev–Trinajstić information content (AvgIpc) is 2.54. The van der Waals surface area contributed by atoms with Gasteiger partial charge in [-0.05, 0) is 12.2 Å². The van der Waals surface area contributed by atoms with Crippen molar-refractivity contribution in [3.8, 4) is 0 Å². The van der Waals surface area contributed by atoms with E-state index in [2.05, 4.69) is 16.5 Å². The highest BCUT2D eigenvalue weighted by Crippen LogP contribution is 2.06. The SMILES string of the molecule is C=CCn1c(=S)[nH]c2c1c(=O)[nH]c(=O)n2C. The number of nitrogens with one attached hydrogen (secondary N) is 2. The van der Waals surface area contributed by atoms with E-state index >= 15 is 0 Å². The van der Waals surface area contributed by atoms with E-state index in [1.807, 2.05) is 0 Å². The molecule has 0 fully saturated rings. The maximum Gasteiger partial charge on any atom is 0.329 e. The van der Waals surface area contributed by atoms with Crippen LogP contribution in [0.1, 0.15) is 0 Å². The first-order valence-electron chi connectivity index (χ1n) is 4.59. The van der Waals surface area contributed by atoms with Crippen molar-refractivity contribution in [1.29, 1.82) is 0 Å². The Morgan fingerprint density at radius 2 is 2.12 bits per heavy atom. The van der Waals surface area contributed by atoms with Crippen LogP contribution in [0.4, 0.5) is 0 Å². The molecule has 2 N–H and O–H groups in total. The van der Waals surface area contributed by atoms with E-state index in [1.54, 1.807) is 17.7 Å². The van der Waals surface area contributed by atoms with Crippen LogP contribution in [0.3, 0.4) is 0 Å². The van der Waals surface area contributed by atoms with Crippen molar-refractivity contribution in [2.45, 2.75) is 6.54 Å². The highest BCUT2D eigenvalue weighted by molar-refractivity contribution is 7.71. The second-order valence-electron chi connectivity index (χ2n) is 3.34. The van der Waals surface area contributed by atoms with Gasteiger partial charge in [0.25, 0.3) is 5.56 Å². The molecule has 0 saturated heterocycles. The molecule has 0 bridgehead atoms. The summed E-state index contributed by atoms with van der Waals surface area (Å²) in [6, 6.07) is 0. The second-order valence-corrected chi connectivity index (χ2v) is 3.73. The van der Waals surface area contributed by atoms with Gasteiger partial charge >= 0.3 is 5.69 Å². The lowest BCUT2D eigenvalue weighted by Gasteiger charge is -2.00. The normalized spacial score (nSPS) is 10.8. The van der Waals surface area contributed by atoms with Gasteiger partial charge in [0, 0.05) is 13.6 Å². The standard InChI is InChI=1S/C9H10N4O2S/c1-3-4-13-5-6(10-9(13)16)12(2)8(15)11-7(5)14/h3H,1,4H2,2H3,(H,10,16)(H,11,14,15). The monoisotopic (exact) mass is 238 g/mol. The molecule has 0 spiro atoms. The van der Waals surface area contributed by atoms with Gasteiger partial charge in [0.1, 0.15) is 5.65 Å². The molecule has 0 aliphatic heterocycles. The number of aryl methyl sites for hydroxylation is 1. The smallest absolute Gasteiger partial charge is 0.316 e. The minimum Gasteiger partial charge on any atom is -0.316 e. The Morgan fingerprint density at radius 3 is 2.75 bits per heavy atom. The summed E-state index contributed by atoms with van der Waals surface area (Å²) in [7, 11) is 1.56. The Morgan fingerprint density at radius 1 is 1.44 bits per heavy atom. The molecule has 2 aromatic rings. The number of fused-ring (bicyclic) bond motifs is 1. The van der Waals surface area contributed by atoms with Crippen molar-refractivity contribution in [3.05, 3.63) is 38.3 Å². The summed E-state index contributed by atoms with van der Waals surface area (Å²) < 4.78 is 3.30. The molecule has 0 aromatic carbocycles. The highest BCUT2D eigenvalue weighted by atomic mass is 32.1. The summed E-state index contributed by atoms with van der Waals surface area (Å²) in [5.41, 5.74) is -0.153. The third-order valence-corrected chi connectivity index (χ3v) is 2.67. The van der Waals surface area contributed by atoms with Crippen molar-refractivity contribution < 1.29 is 0 Å². The van der Waals surface area contributed by atoms with E-state index in [0.717, 1.165) is 0 Å². The summed E-state index contributed by atoms with van der Waals surface area (Å²) in [6.45, 7) is 4.01. The van der Waals surface area contributed by atoms with Crippen molar-refractivity contribution in [1.82, 2.24) is 19.1 Å². The van der Waals surface area contributed by atoms with Gasteiger partial charge in [-0.3, -0.25) is 14.3 Å². The van der Waals surface area contributed by atoms with Gasteiger partial charge in [0.15, 0.2) is 10.3 Å². The quantitative estimate of drug-likeness (QED) is 0.582. The van der Waals surface area contributed by atoms with Crippen LogP contribution in [0.25, 0.3) is 11.2 Å². The van der Waals surface area contributed by atoms with Gasteiger partial charge in [0.05, 0.1) is 0 Å². The molecule has 2 rings (SSSR count). The lowest BCUT2D eigenvalue weighted by molar-refractivity contribution is 0.814. The number of allylic oxidation sites excluding steroid dienone is 1. The van der Waals surface area contributed by atoms with Crippen LogP contribution in [-0.4, -0.2) is 19.1 Å². The van der Waals surface area contributed by atoms with Crippen molar-refractivity contribution >= 4 is 23.4 Å². The molecule has 0 unspecified atom stereocenters. The van der Waals surface area contributed by atoms with Crippen LogP contribution in [0.2, 0.25) is 0 Å². The van der Waals surface area contributed by atoms with Crippen LogP contribution < -0.4 is 11.2 Å². The van der Waals surface area contributed by atoms with Gasteiger partial charge in [-0.25, -0.2) is 4.79 Å². The van der Waals surface area contributed by atoms with Gasteiger partial charge in [-0.1, -0.05) is 6.08 Å². The van der Waals surface area contributed by atoms with Gasteiger partial charge in [-0.2, -0.15) is 0 Å². The minimum atomic E-state index is -0.473. The Hall–Kier alpha value is -1.89. The van der Waals surface area contributed by atoms with E-state index < -0.39 is 11.2 Å². The van der Waals surface area contributed by atoms with E-state index in [4.69, 9.17) is 12.2 Å². The Balaban J connectivity index is 3.06. The lowest BCUT2D eigenvalue weighted by Crippen LogP contribution is -2.29. The van der Waals surface area contributed by atoms with Gasteiger partial charge < -0.3 is 9.55 Å². The highest BCUT2D eigenvalue weighted by Gasteiger charge is 2.11. The molecule has 7 heteroatoms. The molecule has 0 saturated carbocycles. The predicted octanol–water partition coefficient (Wildman–Crippen LogP) is 0.272. The minimum absolute atomic E-state index is 0.354. The number of rotatable bonds is 2. The van der Waals surface area contributed by atoms with Gasteiger partial charge in [-0.15, -0.1) is 6.58 Å². The molecule has 0 atom stereocenters. The molecular weight excluding hydrogens is 228 g/mol. The zero-order chi connectivity index (χ0) is 11.9. The van der Waals surface area contributed by atoms with E-state index in [0.29, 0.717) is 22.5 Å². The third-order valence-electron chi connectivity index (χ3n) is 2.35. The van der Waals surface area contributed by atoms with E-state index in [-0.39, 0.29) is 0 Å². The molecule has 0 amide bonds. The fourth-order valence-electron chi connectivity index (χ4n) is 1.58. The summed E-state index contributed by atoms with van der Waals surface area (Å²) in [4.78, 5) is 28.1. The zero-order valence-corrected chi connectivity index (χ0v) is 9.43. The molecule has 0 aliphatic carbocycles. The van der Waals surface area contributed by atoms with E-state index in [1.165, 1.54) is 4.57 Å². The summed E-state index contributed by atoms with van der Waals surface area (Å²) in [6.07, 6.45) is 1.63. The van der Waals surface area contributed by atoms with Crippen LogP contribution >= 0.6 is 12.2 Å². The fourth-order valence-corrected chi connectivity index (χ4v) is 1.84. The second kappa shape index (κ2) is 3.60. The third kappa shape index (κ3) is 1.36. The number of aromatic nitrogens is 4. The molecule has 84 valence electrons. The van der Waals surface area contributed by atoms with Crippen LogP contribution in [-0.2, 0) is 13.6 Å². The molecule has 16 heavy (non-hydrogen) atoms. The topological polar surface area (TPSA) is 75.6 Å². The molecule has 2 heterocycles. The Bertz CT molecular complexity index is 731. The average molecular weight is 238 g/mol. The number of hydrogen-bond donors (Lipinski definition) is 2.